The lowest BCUT2D eigenvalue weighted by Crippen LogP contribution is -2.38. The fourth-order valence-corrected chi connectivity index (χ4v) is 4.21. The maximum absolute atomic E-state index is 13.0. The Kier molecular flexibility index (Phi) is 3.88. The van der Waals surface area contributed by atoms with Crippen molar-refractivity contribution >= 4 is 5.91 Å². The number of fused-ring (bicyclic) bond motifs is 1. The average molecular weight is 324 g/mol. The fourth-order valence-electron chi connectivity index (χ4n) is 4.21. The lowest BCUT2D eigenvalue weighted by molar-refractivity contribution is -0.125. The summed E-state index contributed by atoms with van der Waals surface area (Å²) in [6, 6.07) is 8.59. The van der Waals surface area contributed by atoms with Gasteiger partial charge in [0.1, 0.15) is 0 Å². The van der Waals surface area contributed by atoms with Crippen LogP contribution in [0.5, 0.6) is 0 Å². The zero-order valence-corrected chi connectivity index (χ0v) is 14.2. The summed E-state index contributed by atoms with van der Waals surface area (Å²) in [6.45, 7) is 3.78. The van der Waals surface area contributed by atoms with Crippen LogP contribution in [0.2, 0.25) is 0 Å². The van der Waals surface area contributed by atoms with Crippen molar-refractivity contribution in [2.75, 3.05) is 13.1 Å². The van der Waals surface area contributed by atoms with E-state index in [-0.39, 0.29) is 23.8 Å². The molecule has 5 heteroatoms. The predicted molar refractivity (Wildman–Crippen MR) is 92.5 cm³/mol. The normalized spacial score (nSPS) is 28.8. The van der Waals surface area contributed by atoms with Gasteiger partial charge in [0.25, 0.3) is 0 Å². The summed E-state index contributed by atoms with van der Waals surface area (Å²) in [5.74, 6) is 0.764. The molecule has 2 aliphatic rings. The highest BCUT2D eigenvalue weighted by atomic mass is 16.2. The number of hydrogen-bond acceptors (Lipinski definition) is 3. The maximum Gasteiger partial charge on any atom is 0.225 e. The van der Waals surface area contributed by atoms with Crippen molar-refractivity contribution in [1.82, 2.24) is 20.4 Å². The number of benzene rings is 1. The van der Waals surface area contributed by atoms with Crippen LogP contribution in [-0.2, 0) is 18.3 Å². The van der Waals surface area contributed by atoms with Gasteiger partial charge >= 0.3 is 0 Å². The van der Waals surface area contributed by atoms with Crippen LogP contribution in [-0.4, -0.2) is 28.8 Å². The van der Waals surface area contributed by atoms with Gasteiger partial charge in [-0.05, 0) is 29.0 Å². The molecule has 1 aliphatic heterocycles. The summed E-state index contributed by atoms with van der Waals surface area (Å²) in [6.07, 6.45) is 4.94. The number of rotatable bonds is 3. The Bertz CT molecular complexity index is 753. The SMILES string of the molecule is CC1Cc2ccccc2C1NC(=O)[C@H]1CNC[C@@H]1c1cnn(C)c1. The lowest BCUT2D eigenvalue weighted by Gasteiger charge is -2.23. The second-order valence-electron chi connectivity index (χ2n) is 7.19. The van der Waals surface area contributed by atoms with Crippen molar-refractivity contribution in [3.63, 3.8) is 0 Å². The van der Waals surface area contributed by atoms with Crippen LogP contribution in [0.4, 0.5) is 0 Å². The number of nitrogens with one attached hydrogen (secondary N) is 2. The molecule has 24 heavy (non-hydrogen) atoms. The molecule has 0 spiro atoms. The lowest BCUT2D eigenvalue weighted by atomic mass is 9.89. The van der Waals surface area contributed by atoms with Crippen molar-refractivity contribution < 1.29 is 4.79 Å². The number of carbonyl (C=O) groups is 1. The molecule has 1 aromatic carbocycles. The highest BCUT2D eigenvalue weighted by molar-refractivity contribution is 5.81. The first kappa shape index (κ1) is 15.4. The summed E-state index contributed by atoms with van der Waals surface area (Å²) < 4.78 is 1.80. The Balaban J connectivity index is 1.52. The van der Waals surface area contributed by atoms with Crippen molar-refractivity contribution in [1.29, 1.82) is 0 Å². The van der Waals surface area contributed by atoms with Crippen LogP contribution in [0.1, 0.15) is 35.6 Å². The van der Waals surface area contributed by atoms with Crippen LogP contribution in [0.25, 0.3) is 0 Å². The third-order valence-electron chi connectivity index (χ3n) is 5.50. The third-order valence-corrected chi connectivity index (χ3v) is 5.50. The van der Waals surface area contributed by atoms with E-state index >= 15 is 0 Å². The molecule has 0 bridgehead atoms. The topological polar surface area (TPSA) is 59.0 Å². The van der Waals surface area contributed by atoms with Crippen LogP contribution < -0.4 is 10.6 Å². The second kappa shape index (κ2) is 6.06. The first-order valence-electron chi connectivity index (χ1n) is 8.71. The van der Waals surface area contributed by atoms with Gasteiger partial charge in [-0.25, -0.2) is 0 Å². The van der Waals surface area contributed by atoms with Crippen molar-refractivity contribution in [2.45, 2.75) is 25.3 Å². The third kappa shape index (κ3) is 2.63. The summed E-state index contributed by atoms with van der Waals surface area (Å²) in [4.78, 5) is 13.0. The summed E-state index contributed by atoms with van der Waals surface area (Å²) in [5.41, 5.74) is 3.79. The molecule has 1 saturated heterocycles. The molecule has 2 aromatic rings. The molecule has 126 valence electrons. The molecule has 5 nitrogen and oxygen atoms in total. The monoisotopic (exact) mass is 324 g/mol. The van der Waals surface area contributed by atoms with Crippen molar-refractivity contribution in [3.05, 3.63) is 53.3 Å². The van der Waals surface area contributed by atoms with Gasteiger partial charge in [-0.15, -0.1) is 0 Å². The highest BCUT2D eigenvalue weighted by Gasteiger charge is 2.37. The molecule has 2 unspecified atom stereocenters. The molecule has 2 N–H and O–H groups in total. The van der Waals surface area contributed by atoms with E-state index < -0.39 is 0 Å². The van der Waals surface area contributed by atoms with E-state index in [1.54, 1.807) is 4.68 Å². The fraction of sp³-hybridized carbons (Fsp3) is 0.474. The van der Waals surface area contributed by atoms with Gasteiger partial charge in [-0.2, -0.15) is 5.10 Å². The molecule has 2 heterocycles. The molecule has 0 radical (unpaired) electrons. The van der Waals surface area contributed by atoms with Crippen molar-refractivity contribution in [2.24, 2.45) is 18.9 Å². The zero-order valence-electron chi connectivity index (χ0n) is 14.2. The van der Waals surface area contributed by atoms with Crippen molar-refractivity contribution in [3.8, 4) is 0 Å². The number of amides is 1. The van der Waals surface area contributed by atoms with E-state index in [4.69, 9.17) is 0 Å². The molecule has 4 atom stereocenters. The number of hydrogen-bond donors (Lipinski definition) is 2. The summed E-state index contributed by atoms with van der Waals surface area (Å²) in [7, 11) is 1.91. The minimum Gasteiger partial charge on any atom is -0.349 e. The van der Waals surface area contributed by atoms with E-state index in [0.29, 0.717) is 5.92 Å². The predicted octanol–water partition coefficient (Wildman–Crippen LogP) is 1.77. The van der Waals surface area contributed by atoms with Crippen LogP contribution in [0, 0.1) is 11.8 Å². The first-order chi connectivity index (χ1) is 11.6. The van der Waals surface area contributed by atoms with Crippen LogP contribution in [0.3, 0.4) is 0 Å². The van der Waals surface area contributed by atoms with Gasteiger partial charge in [0.15, 0.2) is 0 Å². The molecule has 1 aromatic heterocycles. The molecule has 4 rings (SSSR count). The van der Waals surface area contributed by atoms with E-state index in [1.165, 1.54) is 11.1 Å². The average Bonchev–Trinajstić information content (AvgIpc) is 3.27. The number of aryl methyl sites for hydroxylation is 1. The molecular weight excluding hydrogens is 300 g/mol. The van der Waals surface area contributed by atoms with E-state index in [0.717, 1.165) is 25.1 Å². The smallest absolute Gasteiger partial charge is 0.225 e. The molecular formula is C19H24N4O. The first-order valence-corrected chi connectivity index (χ1v) is 8.71. The van der Waals surface area contributed by atoms with E-state index in [2.05, 4.69) is 46.9 Å². The quantitative estimate of drug-likeness (QED) is 0.905. The Morgan fingerprint density at radius 3 is 2.96 bits per heavy atom. The Labute approximate surface area is 142 Å². The Hall–Kier alpha value is -2.14. The minimum absolute atomic E-state index is 0.0332. The van der Waals surface area contributed by atoms with Crippen LogP contribution >= 0.6 is 0 Å². The largest absolute Gasteiger partial charge is 0.349 e. The molecule has 1 aliphatic carbocycles. The number of carbonyl (C=O) groups excluding carboxylic acids is 1. The minimum atomic E-state index is -0.0332. The zero-order chi connectivity index (χ0) is 16.7. The summed E-state index contributed by atoms with van der Waals surface area (Å²) >= 11 is 0. The Morgan fingerprint density at radius 1 is 1.33 bits per heavy atom. The molecule has 1 fully saturated rings. The van der Waals surface area contributed by atoms with Gasteiger partial charge < -0.3 is 10.6 Å². The Morgan fingerprint density at radius 2 is 2.17 bits per heavy atom. The maximum atomic E-state index is 13.0. The standard InChI is InChI=1S/C19H24N4O/c1-12-7-13-5-3-4-6-15(13)18(12)22-19(24)17-10-20-9-16(17)14-8-21-23(2)11-14/h3-6,8,11-12,16-18,20H,7,9-10H2,1-2H3,(H,22,24)/t12?,16-,17+,18?/m1/s1. The van der Waals surface area contributed by atoms with Gasteiger partial charge in [0.05, 0.1) is 18.2 Å². The van der Waals surface area contributed by atoms with Crippen LogP contribution in [0.15, 0.2) is 36.7 Å². The molecule has 1 amide bonds. The highest BCUT2D eigenvalue weighted by Crippen LogP contribution is 2.36. The van der Waals surface area contributed by atoms with E-state index in [1.807, 2.05) is 19.4 Å². The number of aromatic nitrogens is 2. The van der Waals surface area contributed by atoms with E-state index in [9.17, 15) is 4.79 Å². The summed E-state index contributed by atoms with van der Waals surface area (Å²) in [5, 5.41) is 11.0. The van der Waals surface area contributed by atoms with Gasteiger partial charge in [0, 0.05) is 32.3 Å². The number of nitrogens with zero attached hydrogens (tertiary/aromatic N) is 2. The van der Waals surface area contributed by atoms with Gasteiger partial charge in [-0.1, -0.05) is 31.2 Å². The van der Waals surface area contributed by atoms with Gasteiger partial charge in [0.2, 0.25) is 5.91 Å². The molecule has 0 saturated carbocycles. The van der Waals surface area contributed by atoms with Gasteiger partial charge in [-0.3, -0.25) is 9.48 Å². The second-order valence-corrected chi connectivity index (χ2v) is 7.19.